The summed E-state index contributed by atoms with van der Waals surface area (Å²) in [6.07, 6.45) is 0.727. The topological polar surface area (TPSA) is 55.2 Å². The van der Waals surface area contributed by atoms with Crippen LogP contribution in [0.5, 0.6) is 0 Å². The SMILES string of the molecule is CCC(Nc1cc([N+](=O)[O-])ccc1Cl)c1ccc(F)cc1. The van der Waals surface area contributed by atoms with E-state index < -0.39 is 4.92 Å². The summed E-state index contributed by atoms with van der Waals surface area (Å²) in [4.78, 5) is 10.3. The van der Waals surface area contributed by atoms with Crippen LogP contribution in [0.25, 0.3) is 0 Å². The highest BCUT2D eigenvalue weighted by Gasteiger charge is 2.14. The van der Waals surface area contributed by atoms with Crippen molar-refractivity contribution in [1.82, 2.24) is 0 Å². The van der Waals surface area contributed by atoms with E-state index in [4.69, 9.17) is 11.6 Å². The van der Waals surface area contributed by atoms with E-state index in [1.807, 2.05) is 6.92 Å². The number of non-ortho nitro benzene ring substituents is 1. The average Bonchev–Trinajstić information content (AvgIpc) is 2.47. The fourth-order valence-corrected chi connectivity index (χ4v) is 2.21. The van der Waals surface area contributed by atoms with E-state index >= 15 is 0 Å². The standard InChI is InChI=1S/C15H14ClFN2O2/c1-2-14(10-3-5-11(17)6-4-10)18-15-9-12(19(20)21)7-8-13(15)16/h3-9,14,18H,2H2,1H3. The van der Waals surface area contributed by atoms with Crippen LogP contribution in [0.2, 0.25) is 5.02 Å². The predicted octanol–water partition coefficient (Wildman–Crippen LogP) is 4.95. The van der Waals surface area contributed by atoms with Gasteiger partial charge in [-0.2, -0.15) is 0 Å². The number of benzene rings is 2. The van der Waals surface area contributed by atoms with Gasteiger partial charge in [0.2, 0.25) is 0 Å². The molecular weight excluding hydrogens is 295 g/mol. The zero-order chi connectivity index (χ0) is 15.4. The molecule has 0 saturated carbocycles. The number of anilines is 1. The Morgan fingerprint density at radius 1 is 1.29 bits per heavy atom. The molecule has 1 N–H and O–H groups in total. The first kappa shape index (κ1) is 15.3. The van der Waals surface area contributed by atoms with Gasteiger partial charge in [0.05, 0.1) is 21.7 Å². The van der Waals surface area contributed by atoms with Crippen LogP contribution in [0.1, 0.15) is 24.9 Å². The molecule has 0 bridgehead atoms. The van der Waals surface area contributed by atoms with Gasteiger partial charge in [-0.15, -0.1) is 0 Å². The maximum Gasteiger partial charge on any atom is 0.271 e. The molecule has 0 aliphatic carbocycles. The van der Waals surface area contributed by atoms with Crippen molar-refractivity contribution >= 4 is 23.0 Å². The summed E-state index contributed by atoms with van der Waals surface area (Å²) in [5.41, 5.74) is 1.35. The molecule has 0 amide bonds. The van der Waals surface area contributed by atoms with Gasteiger partial charge in [-0.3, -0.25) is 10.1 Å². The highest BCUT2D eigenvalue weighted by Crippen LogP contribution is 2.31. The molecule has 0 spiro atoms. The molecule has 2 rings (SSSR count). The van der Waals surface area contributed by atoms with Gasteiger partial charge in [-0.1, -0.05) is 30.7 Å². The van der Waals surface area contributed by atoms with Gasteiger partial charge < -0.3 is 5.32 Å². The monoisotopic (exact) mass is 308 g/mol. The van der Waals surface area contributed by atoms with Crippen LogP contribution in [0, 0.1) is 15.9 Å². The zero-order valence-corrected chi connectivity index (χ0v) is 12.1. The number of nitrogens with one attached hydrogen (secondary N) is 1. The first-order valence-electron chi connectivity index (χ1n) is 6.47. The number of nitrogens with zero attached hydrogens (tertiary/aromatic N) is 1. The molecule has 110 valence electrons. The number of nitro groups is 1. The average molecular weight is 309 g/mol. The third kappa shape index (κ3) is 3.70. The van der Waals surface area contributed by atoms with Crippen LogP contribution in [0.15, 0.2) is 42.5 Å². The predicted molar refractivity (Wildman–Crippen MR) is 81.2 cm³/mol. The maximum atomic E-state index is 13.0. The largest absolute Gasteiger partial charge is 0.377 e. The smallest absolute Gasteiger partial charge is 0.271 e. The number of hydrogen-bond acceptors (Lipinski definition) is 3. The van der Waals surface area contributed by atoms with Crippen molar-refractivity contribution < 1.29 is 9.31 Å². The Balaban J connectivity index is 2.28. The van der Waals surface area contributed by atoms with Gasteiger partial charge in [-0.25, -0.2) is 4.39 Å². The Morgan fingerprint density at radius 2 is 1.95 bits per heavy atom. The van der Waals surface area contributed by atoms with Crippen molar-refractivity contribution in [1.29, 1.82) is 0 Å². The minimum absolute atomic E-state index is 0.0316. The van der Waals surface area contributed by atoms with Gasteiger partial charge in [0.25, 0.3) is 5.69 Å². The summed E-state index contributed by atoms with van der Waals surface area (Å²) in [7, 11) is 0. The Bertz CT molecular complexity index is 647. The van der Waals surface area contributed by atoms with Gasteiger partial charge in [0.1, 0.15) is 5.82 Å². The van der Waals surface area contributed by atoms with Gasteiger partial charge >= 0.3 is 0 Å². The lowest BCUT2D eigenvalue weighted by molar-refractivity contribution is -0.384. The van der Waals surface area contributed by atoms with Crippen LogP contribution in [0.3, 0.4) is 0 Å². The number of nitro benzene ring substituents is 1. The van der Waals surface area contributed by atoms with E-state index in [9.17, 15) is 14.5 Å². The molecule has 1 atom stereocenters. The molecule has 0 aliphatic heterocycles. The second-order valence-electron chi connectivity index (χ2n) is 4.58. The van der Waals surface area contributed by atoms with E-state index in [0.717, 1.165) is 12.0 Å². The van der Waals surface area contributed by atoms with Gasteiger partial charge in [-0.05, 0) is 30.2 Å². The molecule has 6 heteroatoms. The third-order valence-electron chi connectivity index (χ3n) is 3.17. The molecule has 0 aliphatic rings. The fraction of sp³-hybridized carbons (Fsp3) is 0.200. The minimum Gasteiger partial charge on any atom is -0.377 e. The first-order chi connectivity index (χ1) is 10.0. The molecule has 2 aromatic carbocycles. The van der Waals surface area contributed by atoms with Crippen molar-refractivity contribution in [2.45, 2.75) is 19.4 Å². The molecule has 1 unspecified atom stereocenters. The second kappa shape index (κ2) is 6.54. The molecule has 0 saturated heterocycles. The van der Waals surface area contributed by atoms with Crippen molar-refractivity contribution in [2.24, 2.45) is 0 Å². The zero-order valence-electron chi connectivity index (χ0n) is 11.3. The molecular formula is C15H14ClFN2O2. The van der Waals surface area contributed by atoms with Crippen molar-refractivity contribution in [3.05, 3.63) is 69.0 Å². The summed E-state index contributed by atoms with van der Waals surface area (Å²) in [5.74, 6) is -0.304. The molecule has 4 nitrogen and oxygen atoms in total. The Morgan fingerprint density at radius 3 is 2.52 bits per heavy atom. The molecule has 0 fully saturated rings. The summed E-state index contributed by atoms with van der Waals surface area (Å²) < 4.78 is 13.0. The number of rotatable bonds is 5. The van der Waals surface area contributed by atoms with Crippen molar-refractivity contribution in [2.75, 3.05) is 5.32 Å². The lowest BCUT2D eigenvalue weighted by Gasteiger charge is -2.19. The van der Waals surface area contributed by atoms with Crippen molar-refractivity contribution in [3.63, 3.8) is 0 Å². The molecule has 0 aromatic heterocycles. The molecule has 2 aromatic rings. The Labute approximate surface area is 126 Å². The summed E-state index contributed by atoms with van der Waals surface area (Å²) in [6, 6.07) is 10.3. The normalized spacial score (nSPS) is 12.0. The lowest BCUT2D eigenvalue weighted by atomic mass is 10.0. The van der Waals surface area contributed by atoms with Crippen LogP contribution < -0.4 is 5.32 Å². The van der Waals surface area contributed by atoms with Crippen LogP contribution >= 0.6 is 11.6 Å². The van der Waals surface area contributed by atoms with Crippen LogP contribution in [0.4, 0.5) is 15.8 Å². The molecule has 21 heavy (non-hydrogen) atoms. The minimum atomic E-state index is -0.472. The Kier molecular flexibility index (Phi) is 4.75. The fourth-order valence-electron chi connectivity index (χ4n) is 2.04. The molecule has 0 heterocycles. The van der Waals surface area contributed by atoms with E-state index in [-0.39, 0.29) is 17.5 Å². The van der Waals surface area contributed by atoms with Crippen LogP contribution in [-0.4, -0.2) is 4.92 Å². The quantitative estimate of drug-likeness (QED) is 0.628. The van der Waals surface area contributed by atoms with E-state index in [0.29, 0.717) is 10.7 Å². The van der Waals surface area contributed by atoms with Gasteiger partial charge in [0, 0.05) is 12.1 Å². The van der Waals surface area contributed by atoms with E-state index in [2.05, 4.69) is 5.32 Å². The number of halogens is 2. The van der Waals surface area contributed by atoms with Gasteiger partial charge in [0.15, 0.2) is 0 Å². The number of hydrogen-bond donors (Lipinski definition) is 1. The van der Waals surface area contributed by atoms with E-state index in [1.165, 1.54) is 30.3 Å². The second-order valence-corrected chi connectivity index (χ2v) is 4.99. The van der Waals surface area contributed by atoms with Crippen molar-refractivity contribution in [3.8, 4) is 0 Å². The highest BCUT2D eigenvalue weighted by atomic mass is 35.5. The first-order valence-corrected chi connectivity index (χ1v) is 6.85. The Hall–Kier alpha value is -2.14. The summed E-state index contributed by atoms with van der Waals surface area (Å²) >= 11 is 6.07. The van der Waals surface area contributed by atoms with Crippen LogP contribution in [-0.2, 0) is 0 Å². The third-order valence-corrected chi connectivity index (χ3v) is 3.50. The highest BCUT2D eigenvalue weighted by molar-refractivity contribution is 6.33. The maximum absolute atomic E-state index is 13.0. The lowest BCUT2D eigenvalue weighted by Crippen LogP contribution is -2.10. The summed E-state index contributed by atoms with van der Waals surface area (Å²) in [5, 5.41) is 14.4. The molecule has 0 radical (unpaired) electrons. The van der Waals surface area contributed by atoms with E-state index in [1.54, 1.807) is 12.1 Å². The summed E-state index contributed by atoms with van der Waals surface area (Å²) in [6.45, 7) is 1.96.